The number of rotatable bonds is 3. The molecule has 1 aromatic carbocycles. The van der Waals surface area contributed by atoms with Gasteiger partial charge in [-0.1, -0.05) is 17.7 Å². The van der Waals surface area contributed by atoms with Gasteiger partial charge < -0.3 is 11.1 Å². The molecule has 0 aliphatic carbocycles. The molecule has 0 fully saturated rings. The molecule has 3 N–H and O–H groups in total. The summed E-state index contributed by atoms with van der Waals surface area (Å²) >= 11 is 0. The Kier molecular flexibility index (Phi) is 3.65. The van der Waals surface area contributed by atoms with Crippen molar-refractivity contribution in [3.05, 3.63) is 35.4 Å². The first-order chi connectivity index (χ1) is 6.63. The second kappa shape index (κ2) is 4.77. The van der Waals surface area contributed by atoms with E-state index in [4.69, 9.17) is 5.73 Å². The summed E-state index contributed by atoms with van der Waals surface area (Å²) in [4.78, 5) is 11.6. The predicted molar refractivity (Wildman–Crippen MR) is 57.2 cm³/mol. The number of hydrogen-bond acceptors (Lipinski definition) is 2. The standard InChI is InChI=1S/C11H16N2O/c1-8-3-5-10(6-4-8)11(14)13-9(2)7-12/h3-6,9H,7,12H2,1-2H3,(H,13,14). The average Bonchev–Trinajstić information content (AvgIpc) is 2.18. The fourth-order valence-electron chi connectivity index (χ4n) is 1.07. The molecule has 76 valence electrons. The first-order valence-electron chi connectivity index (χ1n) is 4.71. The normalized spacial score (nSPS) is 12.2. The quantitative estimate of drug-likeness (QED) is 0.752. The summed E-state index contributed by atoms with van der Waals surface area (Å²) in [6, 6.07) is 7.48. The number of nitrogens with one attached hydrogen (secondary N) is 1. The maximum atomic E-state index is 11.6. The summed E-state index contributed by atoms with van der Waals surface area (Å²) in [6.07, 6.45) is 0. The molecule has 1 amide bonds. The van der Waals surface area contributed by atoms with E-state index in [1.165, 1.54) is 0 Å². The molecule has 0 aliphatic rings. The minimum atomic E-state index is -0.0667. The average molecular weight is 192 g/mol. The lowest BCUT2D eigenvalue weighted by Crippen LogP contribution is -2.37. The Morgan fingerprint density at radius 3 is 2.50 bits per heavy atom. The van der Waals surface area contributed by atoms with Gasteiger partial charge in [0.1, 0.15) is 0 Å². The van der Waals surface area contributed by atoms with Crippen LogP contribution in [0.25, 0.3) is 0 Å². The molecule has 1 aromatic rings. The molecule has 0 radical (unpaired) electrons. The summed E-state index contributed by atoms with van der Waals surface area (Å²) in [7, 11) is 0. The van der Waals surface area contributed by atoms with Crippen molar-refractivity contribution in [2.24, 2.45) is 5.73 Å². The molecule has 14 heavy (non-hydrogen) atoms. The molecule has 0 saturated carbocycles. The molecule has 0 heterocycles. The molecule has 0 bridgehead atoms. The van der Waals surface area contributed by atoms with Crippen LogP contribution >= 0.6 is 0 Å². The van der Waals surface area contributed by atoms with Crippen molar-refractivity contribution >= 4 is 5.91 Å². The number of carbonyl (C=O) groups is 1. The van der Waals surface area contributed by atoms with E-state index in [1.807, 2.05) is 38.1 Å². The Hall–Kier alpha value is -1.35. The van der Waals surface area contributed by atoms with Gasteiger partial charge in [-0.25, -0.2) is 0 Å². The summed E-state index contributed by atoms with van der Waals surface area (Å²) in [5, 5.41) is 2.80. The van der Waals surface area contributed by atoms with Crippen LogP contribution < -0.4 is 11.1 Å². The number of amides is 1. The van der Waals surface area contributed by atoms with Crippen LogP contribution in [0, 0.1) is 6.92 Å². The van der Waals surface area contributed by atoms with Gasteiger partial charge in [0.05, 0.1) is 0 Å². The van der Waals surface area contributed by atoms with Gasteiger partial charge in [0.25, 0.3) is 5.91 Å². The van der Waals surface area contributed by atoms with Crippen LogP contribution in [0.1, 0.15) is 22.8 Å². The second-order valence-electron chi connectivity index (χ2n) is 3.48. The van der Waals surface area contributed by atoms with Gasteiger partial charge in [0.15, 0.2) is 0 Å². The summed E-state index contributed by atoms with van der Waals surface area (Å²) in [6.45, 7) is 4.33. The Labute approximate surface area is 84.3 Å². The third-order valence-electron chi connectivity index (χ3n) is 2.04. The third kappa shape index (κ3) is 2.85. The zero-order valence-electron chi connectivity index (χ0n) is 8.58. The molecular formula is C11H16N2O. The molecule has 0 spiro atoms. The first-order valence-corrected chi connectivity index (χ1v) is 4.71. The zero-order chi connectivity index (χ0) is 10.6. The highest BCUT2D eigenvalue weighted by Gasteiger charge is 2.07. The topological polar surface area (TPSA) is 55.1 Å². The van der Waals surface area contributed by atoms with Crippen LogP contribution in [0.5, 0.6) is 0 Å². The summed E-state index contributed by atoms with van der Waals surface area (Å²) in [5.74, 6) is -0.0667. The van der Waals surface area contributed by atoms with E-state index < -0.39 is 0 Å². The number of aryl methyl sites for hydroxylation is 1. The molecule has 3 heteroatoms. The van der Waals surface area contributed by atoms with E-state index >= 15 is 0 Å². The van der Waals surface area contributed by atoms with E-state index in [1.54, 1.807) is 0 Å². The number of nitrogens with two attached hydrogens (primary N) is 1. The maximum Gasteiger partial charge on any atom is 0.251 e. The van der Waals surface area contributed by atoms with Crippen LogP contribution in [0.15, 0.2) is 24.3 Å². The number of carbonyl (C=O) groups excluding carboxylic acids is 1. The smallest absolute Gasteiger partial charge is 0.251 e. The molecule has 1 atom stereocenters. The van der Waals surface area contributed by atoms with Crippen molar-refractivity contribution < 1.29 is 4.79 Å². The van der Waals surface area contributed by atoms with E-state index in [0.717, 1.165) is 5.56 Å². The fourth-order valence-corrected chi connectivity index (χ4v) is 1.07. The maximum absolute atomic E-state index is 11.6. The van der Waals surface area contributed by atoms with Crippen LogP contribution in [0.3, 0.4) is 0 Å². The van der Waals surface area contributed by atoms with Gasteiger partial charge in [-0.15, -0.1) is 0 Å². The third-order valence-corrected chi connectivity index (χ3v) is 2.04. The highest BCUT2D eigenvalue weighted by atomic mass is 16.1. The van der Waals surface area contributed by atoms with E-state index in [-0.39, 0.29) is 11.9 Å². The van der Waals surface area contributed by atoms with Gasteiger partial charge in [0, 0.05) is 18.2 Å². The Morgan fingerprint density at radius 1 is 1.43 bits per heavy atom. The van der Waals surface area contributed by atoms with Crippen molar-refractivity contribution in [1.82, 2.24) is 5.32 Å². The predicted octanol–water partition coefficient (Wildman–Crippen LogP) is 1.07. The highest BCUT2D eigenvalue weighted by Crippen LogP contribution is 2.02. The Balaban J connectivity index is 2.65. The molecular weight excluding hydrogens is 176 g/mol. The molecule has 0 aliphatic heterocycles. The van der Waals surface area contributed by atoms with Gasteiger partial charge in [-0.05, 0) is 26.0 Å². The van der Waals surface area contributed by atoms with E-state index in [0.29, 0.717) is 12.1 Å². The molecule has 3 nitrogen and oxygen atoms in total. The van der Waals surface area contributed by atoms with Gasteiger partial charge >= 0.3 is 0 Å². The minimum Gasteiger partial charge on any atom is -0.348 e. The molecule has 1 rings (SSSR count). The zero-order valence-corrected chi connectivity index (χ0v) is 8.58. The van der Waals surface area contributed by atoms with Gasteiger partial charge in [0.2, 0.25) is 0 Å². The molecule has 1 unspecified atom stereocenters. The van der Waals surface area contributed by atoms with Crippen LogP contribution in [0.2, 0.25) is 0 Å². The lowest BCUT2D eigenvalue weighted by Gasteiger charge is -2.11. The van der Waals surface area contributed by atoms with Crippen molar-refractivity contribution in [3.63, 3.8) is 0 Å². The lowest BCUT2D eigenvalue weighted by atomic mass is 10.1. The Bertz CT molecular complexity index is 306. The van der Waals surface area contributed by atoms with Crippen molar-refractivity contribution in [3.8, 4) is 0 Å². The minimum absolute atomic E-state index is 0.0174. The summed E-state index contributed by atoms with van der Waals surface area (Å²) < 4.78 is 0. The van der Waals surface area contributed by atoms with Gasteiger partial charge in [-0.3, -0.25) is 4.79 Å². The molecule has 0 aromatic heterocycles. The molecule has 0 saturated heterocycles. The van der Waals surface area contributed by atoms with Crippen LogP contribution in [0.4, 0.5) is 0 Å². The largest absolute Gasteiger partial charge is 0.348 e. The van der Waals surface area contributed by atoms with E-state index in [9.17, 15) is 4.79 Å². The monoisotopic (exact) mass is 192 g/mol. The number of hydrogen-bond donors (Lipinski definition) is 2. The SMILES string of the molecule is Cc1ccc(C(=O)NC(C)CN)cc1. The Morgan fingerprint density at radius 2 is 2.00 bits per heavy atom. The lowest BCUT2D eigenvalue weighted by molar-refractivity contribution is 0.0941. The fraction of sp³-hybridized carbons (Fsp3) is 0.364. The van der Waals surface area contributed by atoms with Crippen molar-refractivity contribution in [2.45, 2.75) is 19.9 Å². The first kappa shape index (κ1) is 10.7. The van der Waals surface area contributed by atoms with Crippen molar-refractivity contribution in [2.75, 3.05) is 6.54 Å². The summed E-state index contributed by atoms with van der Waals surface area (Å²) in [5.41, 5.74) is 7.23. The van der Waals surface area contributed by atoms with Gasteiger partial charge in [-0.2, -0.15) is 0 Å². The highest BCUT2D eigenvalue weighted by molar-refractivity contribution is 5.94. The van der Waals surface area contributed by atoms with E-state index in [2.05, 4.69) is 5.32 Å². The second-order valence-corrected chi connectivity index (χ2v) is 3.48. The number of benzene rings is 1. The van der Waals surface area contributed by atoms with Crippen LogP contribution in [-0.4, -0.2) is 18.5 Å². The van der Waals surface area contributed by atoms with Crippen LogP contribution in [-0.2, 0) is 0 Å². The van der Waals surface area contributed by atoms with Crippen molar-refractivity contribution in [1.29, 1.82) is 0 Å².